The molecule has 180 valence electrons. The molecule has 10 heteroatoms. The lowest BCUT2D eigenvalue weighted by atomic mass is 10.2. The fraction of sp³-hybridized carbons (Fsp3) is 0.240. The first-order valence-corrected chi connectivity index (χ1v) is 13.8. The van der Waals surface area contributed by atoms with Gasteiger partial charge in [0.1, 0.15) is 6.04 Å². The fourth-order valence-electron chi connectivity index (χ4n) is 4.22. The Bertz CT molecular complexity index is 1470. The quantitative estimate of drug-likeness (QED) is 0.351. The van der Waals surface area contributed by atoms with E-state index >= 15 is 0 Å². The third-order valence-corrected chi connectivity index (χ3v) is 9.21. The highest BCUT2D eigenvalue weighted by Crippen LogP contribution is 2.34. The number of anilines is 1. The number of hydrogen-bond donors (Lipinski definition) is 0. The number of carbonyl (C=O) groups excluding carboxylic acids is 1. The average Bonchev–Trinajstić information content (AvgIpc) is 3.50. The second-order valence-electron chi connectivity index (χ2n) is 8.48. The topological polar surface area (TPSA) is 83.5 Å². The summed E-state index contributed by atoms with van der Waals surface area (Å²) in [6.45, 7) is 2.43. The summed E-state index contributed by atoms with van der Waals surface area (Å²) in [4.78, 5) is 24.6. The number of aryl methyl sites for hydroxylation is 1. The summed E-state index contributed by atoms with van der Waals surface area (Å²) in [5.74, 6) is -0.299. The minimum Gasteiger partial charge on any atom is -0.282 e. The van der Waals surface area contributed by atoms with Gasteiger partial charge in [-0.15, -0.1) is 0 Å². The van der Waals surface area contributed by atoms with Crippen molar-refractivity contribution in [1.29, 1.82) is 0 Å². The van der Waals surface area contributed by atoms with Gasteiger partial charge in [0.2, 0.25) is 15.9 Å². The average molecular weight is 527 g/mol. The van der Waals surface area contributed by atoms with E-state index in [0.29, 0.717) is 29.5 Å². The number of fused-ring (bicyclic) bond motifs is 1. The summed E-state index contributed by atoms with van der Waals surface area (Å²) in [6, 6.07) is 15.0. The van der Waals surface area contributed by atoms with E-state index in [0.717, 1.165) is 21.3 Å². The molecule has 1 unspecified atom stereocenters. The molecule has 1 aliphatic rings. The highest BCUT2D eigenvalue weighted by Gasteiger charge is 2.42. The van der Waals surface area contributed by atoms with Gasteiger partial charge < -0.3 is 0 Å². The van der Waals surface area contributed by atoms with Crippen LogP contribution in [0, 0.1) is 6.92 Å². The summed E-state index contributed by atoms with van der Waals surface area (Å²) in [6.07, 6.45) is 4.42. The Morgan fingerprint density at radius 1 is 1.20 bits per heavy atom. The van der Waals surface area contributed by atoms with E-state index in [1.165, 1.54) is 15.6 Å². The molecule has 1 atom stereocenters. The van der Waals surface area contributed by atoms with Gasteiger partial charge in [-0.25, -0.2) is 13.4 Å². The Balaban J connectivity index is 1.52. The Morgan fingerprint density at radius 3 is 2.74 bits per heavy atom. The van der Waals surface area contributed by atoms with E-state index in [1.807, 2.05) is 25.1 Å². The van der Waals surface area contributed by atoms with Crippen LogP contribution < -0.4 is 4.90 Å². The van der Waals surface area contributed by atoms with Crippen molar-refractivity contribution in [1.82, 2.24) is 14.3 Å². The number of halogens is 1. The molecule has 1 saturated heterocycles. The van der Waals surface area contributed by atoms with Crippen molar-refractivity contribution in [3.8, 4) is 0 Å². The standard InChI is InChI=1S/C25H23ClN4O3S2/c1-17-6-9-20(10-7-17)35(32,33)30-13-3-5-22(30)24(31)29(16-18-4-2-12-27-15-18)25-28-21-11-8-19(26)14-23(21)34-25/h2,4,6-12,14-15,22H,3,5,13,16H2,1H3. The number of sulfonamides is 1. The van der Waals surface area contributed by atoms with Crippen LogP contribution in [0.5, 0.6) is 0 Å². The van der Waals surface area contributed by atoms with Crippen LogP contribution in [-0.2, 0) is 21.4 Å². The van der Waals surface area contributed by atoms with E-state index in [4.69, 9.17) is 11.6 Å². The molecular weight excluding hydrogens is 504 g/mol. The molecule has 3 heterocycles. The van der Waals surface area contributed by atoms with Gasteiger partial charge in [0.15, 0.2) is 5.13 Å². The molecule has 0 saturated carbocycles. The summed E-state index contributed by atoms with van der Waals surface area (Å²) in [7, 11) is -3.83. The van der Waals surface area contributed by atoms with Crippen LogP contribution in [0.1, 0.15) is 24.0 Å². The maximum atomic E-state index is 14.0. The van der Waals surface area contributed by atoms with Crippen LogP contribution in [0.15, 0.2) is 71.9 Å². The molecule has 7 nitrogen and oxygen atoms in total. The summed E-state index contributed by atoms with van der Waals surface area (Å²) in [5.41, 5.74) is 2.52. The monoisotopic (exact) mass is 526 g/mol. The van der Waals surface area contributed by atoms with Crippen LogP contribution in [0.4, 0.5) is 5.13 Å². The van der Waals surface area contributed by atoms with Gasteiger partial charge in [0.25, 0.3) is 0 Å². The Labute approximate surface area is 213 Å². The normalized spacial score (nSPS) is 16.6. The van der Waals surface area contributed by atoms with Crippen LogP contribution in [0.2, 0.25) is 5.02 Å². The number of thiazole rings is 1. The molecular formula is C25H23ClN4O3S2. The van der Waals surface area contributed by atoms with Gasteiger partial charge >= 0.3 is 0 Å². The van der Waals surface area contributed by atoms with Gasteiger partial charge in [-0.1, -0.05) is 46.7 Å². The largest absolute Gasteiger partial charge is 0.282 e. The third-order valence-electron chi connectivity index (χ3n) is 6.02. The van der Waals surface area contributed by atoms with Crippen LogP contribution >= 0.6 is 22.9 Å². The summed E-state index contributed by atoms with van der Waals surface area (Å²) >= 11 is 7.51. The Kier molecular flexibility index (Phi) is 6.59. The number of pyridine rings is 1. The van der Waals surface area contributed by atoms with E-state index in [2.05, 4.69) is 9.97 Å². The van der Waals surface area contributed by atoms with Gasteiger partial charge in [-0.05, 0) is 61.7 Å². The predicted octanol–water partition coefficient (Wildman–Crippen LogP) is 5.04. The minimum atomic E-state index is -3.83. The van der Waals surface area contributed by atoms with Crippen molar-refractivity contribution in [2.45, 2.75) is 37.2 Å². The second-order valence-corrected chi connectivity index (χ2v) is 11.8. The molecule has 1 amide bonds. The molecule has 0 spiro atoms. The van der Waals surface area contributed by atoms with Crippen molar-refractivity contribution in [2.24, 2.45) is 0 Å². The van der Waals surface area contributed by atoms with Crippen LogP contribution in [0.3, 0.4) is 0 Å². The molecule has 35 heavy (non-hydrogen) atoms. The first-order valence-electron chi connectivity index (χ1n) is 11.2. The van der Waals surface area contributed by atoms with Gasteiger partial charge in [0, 0.05) is 24.0 Å². The molecule has 4 aromatic rings. The molecule has 2 aromatic carbocycles. The highest BCUT2D eigenvalue weighted by molar-refractivity contribution is 7.89. The second kappa shape index (κ2) is 9.66. The smallest absolute Gasteiger partial charge is 0.247 e. The molecule has 0 N–H and O–H groups in total. The van der Waals surface area contributed by atoms with Crippen molar-refractivity contribution < 1.29 is 13.2 Å². The minimum absolute atomic E-state index is 0.191. The third kappa shape index (κ3) is 4.81. The molecule has 2 aromatic heterocycles. The predicted molar refractivity (Wildman–Crippen MR) is 138 cm³/mol. The first kappa shape index (κ1) is 23.9. The zero-order valence-corrected chi connectivity index (χ0v) is 21.4. The SMILES string of the molecule is Cc1ccc(S(=O)(=O)N2CCCC2C(=O)N(Cc2cccnc2)c2nc3ccc(Cl)cc3s2)cc1. The first-order chi connectivity index (χ1) is 16.8. The number of hydrogen-bond acceptors (Lipinski definition) is 6. The van der Waals surface area contributed by atoms with Crippen molar-refractivity contribution >= 4 is 54.2 Å². The molecule has 0 radical (unpaired) electrons. The van der Waals surface area contributed by atoms with Crippen molar-refractivity contribution in [2.75, 3.05) is 11.4 Å². The molecule has 5 rings (SSSR count). The fourth-order valence-corrected chi connectivity index (χ4v) is 7.11. The maximum Gasteiger partial charge on any atom is 0.247 e. The number of nitrogens with zero attached hydrogens (tertiary/aromatic N) is 4. The Morgan fingerprint density at radius 2 is 2.00 bits per heavy atom. The van der Waals surface area contributed by atoms with E-state index in [1.54, 1.807) is 53.7 Å². The molecule has 1 aliphatic heterocycles. The van der Waals surface area contributed by atoms with Gasteiger partial charge in [-0.3, -0.25) is 14.7 Å². The lowest BCUT2D eigenvalue weighted by Gasteiger charge is -2.28. The van der Waals surface area contributed by atoms with Crippen LogP contribution in [-0.4, -0.2) is 41.2 Å². The van der Waals surface area contributed by atoms with Gasteiger partial charge in [0.05, 0.1) is 21.7 Å². The zero-order chi connectivity index (χ0) is 24.6. The maximum absolute atomic E-state index is 14.0. The number of aromatic nitrogens is 2. The number of rotatable bonds is 6. The molecule has 0 bridgehead atoms. The van der Waals surface area contributed by atoms with E-state index in [9.17, 15) is 13.2 Å². The number of amides is 1. The zero-order valence-electron chi connectivity index (χ0n) is 19.0. The summed E-state index contributed by atoms with van der Waals surface area (Å²) in [5, 5.41) is 1.08. The number of carbonyl (C=O) groups is 1. The summed E-state index contributed by atoms with van der Waals surface area (Å²) < 4.78 is 29.1. The van der Waals surface area contributed by atoms with Gasteiger partial charge in [-0.2, -0.15) is 4.31 Å². The lowest BCUT2D eigenvalue weighted by Crippen LogP contribution is -2.47. The highest BCUT2D eigenvalue weighted by atomic mass is 35.5. The van der Waals surface area contributed by atoms with Crippen LogP contribution in [0.25, 0.3) is 10.2 Å². The molecule has 1 fully saturated rings. The Hall–Kier alpha value is -2.85. The lowest BCUT2D eigenvalue weighted by molar-refractivity contribution is -0.121. The molecule has 0 aliphatic carbocycles. The van der Waals surface area contributed by atoms with Crippen molar-refractivity contribution in [3.63, 3.8) is 0 Å². The van der Waals surface area contributed by atoms with Crippen molar-refractivity contribution in [3.05, 3.63) is 83.1 Å². The van der Waals surface area contributed by atoms with E-state index in [-0.39, 0.29) is 17.3 Å². The number of benzene rings is 2. The van der Waals surface area contributed by atoms with E-state index < -0.39 is 16.1 Å².